The minimum absolute atomic E-state index is 0.138. The van der Waals surface area contributed by atoms with Crippen LogP contribution in [0.15, 0.2) is 72.9 Å². The van der Waals surface area contributed by atoms with Crippen molar-refractivity contribution in [3.63, 3.8) is 0 Å². The number of nitrogens with two attached hydrogens (primary N) is 1. The number of phosphoric ester groups is 1. The lowest BCUT2D eigenvalue weighted by molar-refractivity contribution is -0.161. The Morgan fingerprint density at radius 2 is 0.982 bits per heavy atom. The van der Waals surface area contributed by atoms with Gasteiger partial charge >= 0.3 is 25.7 Å². The van der Waals surface area contributed by atoms with Gasteiger partial charge in [0.15, 0.2) is 6.10 Å². The molecule has 0 rings (SSSR count). The van der Waals surface area contributed by atoms with Gasteiger partial charge in [0, 0.05) is 12.8 Å². The molecule has 0 fully saturated rings. The highest BCUT2D eigenvalue weighted by molar-refractivity contribution is 7.47. The molecule has 0 aliphatic rings. The van der Waals surface area contributed by atoms with Crippen molar-refractivity contribution in [3.8, 4) is 0 Å². The minimum atomic E-state index is -4.73. The average molecular weight is 822 g/mol. The van der Waals surface area contributed by atoms with Gasteiger partial charge in [-0.2, -0.15) is 0 Å². The van der Waals surface area contributed by atoms with Crippen molar-refractivity contribution < 1.29 is 47.5 Å². The summed E-state index contributed by atoms with van der Waals surface area (Å²) in [6.07, 6.45) is 46.7. The second-order valence-electron chi connectivity index (χ2n) is 14.1. The van der Waals surface area contributed by atoms with E-state index in [9.17, 15) is 23.8 Å². The van der Waals surface area contributed by atoms with E-state index in [2.05, 4.69) is 91.3 Å². The zero-order valence-electron chi connectivity index (χ0n) is 35.2. The van der Waals surface area contributed by atoms with E-state index < -0.39 is 51.1 Å². The highest BCUT2D eigenvalue weighted by Gasteiger charge is 2.28. The summed E-state index contributed by atoms with van der Waals surface area (Å²) < 4.78 is 32.7. The van der Waals surface area contributed by atoms with E-state index in [1.807, 2.05) is 0 Å². The molecule has 0 amide bonds. The summed E-state index contributed by atoms with van der Waals surface area (Å²) in [6, 6.07) is -1.53. The number of rotatable bonds is 39. The number of aliphatic carboxylic acids is 1. The van der Waals surface area contributed by atoms with E-state index >= 15 is 0 Å². The van der Waals surface area contributed by atoms with E-state index in [0.717, 1.165) is 109 Å². The molecule has 12 heteroatoms. The Hall–Kier alpha value is -3.08. The number of unbranched alkanes of at least 4 members (excludes halogenated alkanes) is 13. The van der Waals surface area contributed by atoms with E-state index in [1.165, 1.54) is 12.8 Å². The standard InChI is InChI=1S/C45H76NO10P/c1-3-5-7-9-11-13-15-17-19-20-21-22-23-25-27-29-31-33-35-37-44(48)56-41(39-54-57(51,52)55-40-42(46)45(49)50)38-53-43(47)36-34-32-30-28-26-24-18-16-14-12-10-8-6-4-2/h5,7,10-13,16-19,21-22,41-42H,3-4,6,8-9,14-15,20,23-40,46H2,1-2H3,(H,49,50)(H,51,52)/b7-5-,12-10-,13-11-,18-16-,19-17-,22-21-. The Balaban J connectivity index is 4.43. The normalized spacial score (nSPS) is 14.5. The van der Waals surface area contributed by atoms with Crippen LogP contribution in [-0.4, -0.2) is 59.9 Å². The molecule has 4 N–H and O–H groups in total. The molecule has 0 aliphatic heterocycles. The van der Waals surface area contributed by atoms with Crippen molar-refractivity contribution in [2.75, 3.05) is 19.8 Å². The number of phosphoric acid groups is 1. The van der Waals surface area contributed by atoms with Gasteiger partial charge in [0.05, 0.1) is 13.2 Å². The van der Waals surface area contributed by atoms with Crippen LogP contribution in [0.2, 0.25) is 0 Å². The molecule has 0 aliphatic carbocycles. The van der Waals surface area contributed by atoms with Crippen LogP contribution in [0.25, 0.3) is 0 Å². The number of carboxylic acid groups (broad SMARTS) is 1. The van der Waals surface area contributed by atoms with Crippen LogP contribution >= 0.6 is 7.82 Å². The molecule has 0 spiro atoms. The lowest BCUT2D eigenvalue weighted by Crippen LogP contribution is -2.34. The summed E-state index contributed by atoms with van der Waals surface area (Å²) in [5.41, 5.74) is 5.33. The molecular weight excluding hydrogens is 745 g/mol. The minimum Gasteiger partial charge on any atom is -0.480 e. The number of hydrogen-bond donors (Lipinski definition) is 3. The predicted octanol–water partition coefficient (Wildman–Crippen LogP) is 11.3. The maximum atomic E-state index is 12.6. The van der Waals surface area contributed by atoms with Gasteiger partial charge in [-0.1, -0.05) is 145 Å². The molecular formula is C45H76NO10P. The molecule has 0 aromatic carbocycles. The van der Waals surface area contributed by atoms with Crippen LogP contribution in [0.5, 0.6) is 0 Å². The average Bonchev–Trinajstić information content (AvgIpc) is 3.19. The predicted molar refractivity (Wildman–Crippen MR) is 231 cm³/mol. The third kappa shape index (κ3) is 39.5. The molecule has 11 nitrogen and oxygen atoms in total. The Labute approximate surface area is 344 Å². The second-order valence-corrected chi connectivity index (χ2v) is 15.5. The largest absolute Gasteiger partial charge is 0.480 e. The Morgan fingerprint density at radius 1 is 0.561 bits per heavy atom. The maximum Gasteiger partial charge on any atom is 0.472 e. The molecule has 0 saturated carbocycles. The number of carbonyl (C=O) groups excluding carboxylic acids is 2. The van der Waals surface area contributed by atoms with Gasteiger partial charge in [-0.3, -0.25) is 23.4 Å². The highest BCUT2D eigenvalue weighted by atomic mass is 31.2. The van der Waals surface area contributed by atoms with Gasteiger partial charge in [-0.25, -0.2) is 4.57 Å². The maximum absolute atomic E-state index is 12.6. The fourth-order valence-corrected chi connectivity index (χ4v) is 6.08. The summed E-state index contributed by atoms with van der Waals surface area (Å²) in [5.74, 6) is -2.42. The Bertz CT molecular complexity index is 1240. The van der Waals surface area contributed by atoms with Crippen molar-refractivity contribution in [1.29, 1.82) is 0 Å². The molecule has 3 unspecified atom stereocenters. The molecule has 326 valence electrons. The first-order valence-corrected chi connectivity index (χ1v) is 23.0. The van der Waals surface area contributed by atoms with E-state index in [1.54, 1.807) is 0 Å². The fourth-order valence-electron chi connectivity index (χ4n) is 5.31. The number of carbonyl (C=O) groups is 3. The smallest absolute Gasteiger partial charge is 0.472 e. The van der Waals surface area contributed by atoms with Crippen LogP contribution in [0.1, 0.15) is 162 Å². The van der Waals surface area contributed by atoms with Gasteiger partial charge in [-0.05, 0) is 77.0 Å². The number of ether oxygens (including phenoxy) is 2. The number of esters is 2. The van der Waals surface area contributed by atoms with Crippen LogP contribution in [-0.2, 0) is 37.5 Å². The molecule has 3 atom stereocenters. The van der Waals surface area contributed by atoms with Crippen molar-refractivity contribution in [1.82, 2.24) is 0 Å². The SMILES string of the molecule is CC/C=C\C/C=C\C/C=C\C/C=C\CCCCCCCCC(=O)OC(COC(=O)CCCCCCC/C=C\C/C=C\CCCC)COP(=O)(O)OCC(N)C(=O)O. The Morgan fingerprint density at radius 3 is 1.47 bits per heavy atom. The van der Waals surface area contributed by atoms with Crippen LogP contribution < -0.4 is 5.73 Å². The first-order valence-electron chi connectivity index (χ1n) is 21.5. The van der Waals surface area contributed by atoms with Crippen LogP contribution in [0.4, 0.5) is 0 Å². The summed E-state index contributed by atoms with van der Waals surface area (Å²) >= 11 is 0. The molecule has 0 radical (unpaired) electrons. The van der Waals surface area contributed by atoms with E-state index in [0.29, 0.717) is 12.8 Å². The monoisotopic (exact) mass is 822 g/mol. The number of hydrogen-bond acceptors (Lipinski definition) is 9. The molecule has 0 heterocycles. The van der Waals surface area contributed by atoms with Crippen molar-refractivity contribution in [3.05, 3.63) is 72.9 Å². The van der Waals surface area contributed by atoms with Gasteiger partial charge in [0.1, 0.15) is 12.6 Å². The van der Waals surface area contributed by atoms with Crippen LogP contribution in [0, 0.1) is 0 Å². The van der Waals surface area contributed by atoms with Crippen molar-refractivity contribution in [2.24, 2.45) is 5.73 Å². The van der Waals surface area contributed by atoms with E-state index in [4.69, 9.17) is 24.8 Å². The zero-order chi connectivity index (χ0) is 42.1. The van der Waals surface area contributed by atoms with Crippen LogP contribution in [0.3, 0.4) is 0 Å². The molecule has 0 saturated heterocycles. The quantitative estimate of drug-likeness (QED) is 0.0233. The van der Waals surface area contributed by atoms with Gasteiger partial charge in [0.25, 0.3) is 0 Å². The van der Waals surface area contributed by atoms with E-state index in [-0.39, 0.29) is 19.4 Å². The molecule has 0 aromatic heterocycles. The first-order chi connectivity index (χ1) is 27.6. The summed E-state index contributed by atoms with van der Waals surface area (Å²) in [7, 11) is -4.73. The van der Waals surface area contributed by atoms with Gasteiger partial charge in [0.2, 0.25) is 0 Å². The number of allylic oxidation sites excluding steroid dienone is 12. The third-order valence-corrected chi connectivity index (χ3v) is 9.64. The highest BCUT2D eigenvalue weighted by Crippen LogP contribution is 2.43. The second kappa shape index (κ2) is 39.7. The lowest BCUT2D eigenvalue weighted by Gasteiger charge is -2.20. The van der Waals surface area contributed by atoms with Crippen molar-refractivity contribution in [2.45, 2.75) is 174 Å². The molecule has 0 aromatic rings. The molecule has 57 heavy (non-hydrogen) atoms. The summed E-state index contributed by atoms with van der Waals surface area (Å²) in [5, 5.41) is 8.89. The lowest BCUT2D eigenvalue weighted by atomic mass is 10.1. The summed E-state index contributed by atoms with van der Waals surface area (Å²) in [4.78, 5) is 45.9. The fraction of sp³-hybridized carbons (Fsp3) is 0.667. The topological polar surface area (TPSA) is 172 Å². The summed E-state index contributed by atoms with van der Waals surface area (Å²) in [6.45, 7) is 2.60. The Kier molecular flexibility index (Phi) is 37.6. The third-order valence-electron chi connectivity index (χ3n) is 8.69. The first kappa shape index (κ1) is 53.9. The van der Waals surface area contributed by atoms with Gasteiger partial charge < -0.3 is 25.2 Å². The van der Waals surface area contributed by atoms with Crippen molar-refractivity contribution >= 4 is 25.7 Å². The zero-order valence-corrected chi connectivity index (χ0v) is 36.0. The van der Waals surface area contributed by atoms with Gasteiger partial charge in [-0.15, -0.1) is 0 Å². The number of carboxylic acids is 1. The molecule has 0 bridgehead atoms.